The minimum Gasteiger partial charge on any atom is -0.390 e. The van der Waals surface area contributed by atoms with E-state index in [4.69, 9.17) is 23.2 Å². The summed E-state index contributed by atoms with van der Waals surface area (Å²) in [6.07, 6.45) is -4.75. The van der Waals surface area contributed by atoms with Gasteiger partial charge in [0.15, 0.2) is 0 Å². The lowest BCUT2D eigenvalue weighted by atomic mass is 10.0. The molecule has 0 saturated heterocycles. The summed E-state index contributed by atoms with van der Waals surface area (Å²) in [4.78, 5) is 17.5. The van der Waals surface area contributed by atoms with E-state index in [1.807, 2.05) is 0 Å². The summed E-state index contributed by atoms with van der Waals surface area (Å²) >= 11 is 12.6. The second-order valence-corrected chi connectivity index (χ2v) is 9.33. The van der Waals surface area contributed by atoms with E-state index >= 15 is 0 Å². The van der Waals surface area contributed by atoms with E-state index < -0.39 is 24.0 Å². The van der Waals surface area contributed by atoms with Gasteiger partial charge in [0.1, 0.15) is 17.4 Å². The van der Waals surface area contributed by atoms with Gasteiger partial charge in [-0.25, -0.2) is 4.98 Å². The summed E-state index contributed by atoms with van der Waals surface area (Å²) in [6.45, 7) is 2.05. The molecule has 3 aromatic rings. The second kappa shape index (κ2) is 8.25. The molecule has 0 fully saturated rings. The van der Waals surface area contributed by atoms with Crippen molar-refractivity contribution in [1.82, 2.24) is 19.7 Å². The molecule has 2 atom stereocenters. The minimum atomic E-state index is -4.61. The fourth-order valence-corrected chi connectivity index (χ4v) is 5.39. The van der Waals surface area contributed by atoms with Crippen LogP contribution < -0.4 is 0 Å². The van der Waals surface area contributed by atoms with Crippen molar-refractivity contribution in [1.29, 1.82) is 0 Å². The Bertz CT molecular complexity index is 1310. The van der Waals surface area contributed by atoms with Crippen molar-refractivity contribution in [2.24, 2.45) is 0 Å². The third kappa shape index (κ3) is 3.85. The molecule has 2 aromatic heterocycles. The van der Waals surface area contributed by atoms with Crippen LogP contribution in [0.15, 0.2) is 30.3 Å². The molecule has 0 saturated carbocycles. The second-order valence-electron chi connectivity index (χ2n) is 8.49. The molecule has 0 unspecified atom stereocenters. The van der Waals surface area contributed by atoms with E-state index in [1.165, 1.54) is 19.1 Å². The number of aromatic nitrogens is 3. The molecule has 178 valence electrons. The number of aliphatic hydroxyl groups excluding tert-OH is 1. The van der Waals surface area contributed by atoms with Crippen LogP contribution in [0.4, 0.5) is 13.2 Å². The first kappa shape index (κ1) is 23.1. The summed E-state index contributed by atoms with van der Waals surface area (Å²) < 4.78 is 41.7. The molecule has 0 bridgehead atoms. The van der Waals surface area contributed by atoms with Crippen LogP contribution in [0.3, 0.4) is 0 Å². The number of fused-ring (bicyclic) bond motifs is 2. The van der Waals surface area contributed by atoms with Crippen LogP contribution in [0, 0.1) is 0 Å². The van der Waals surface area contributed by atoms with E-state index in [0.29, 0.717) is 40.6 Å². The lowest BCUT2D eigenvalue weighted by molar-refractivity contribution is -0.141. The van der Waals surface area contributed by atoms with Crippen molar-refractivity contribution < 1.29 is 23.1 Å². The molecule has 0 spiro atoms. The Kier molecular flexibility index (Phi) is 5.61. The first-order chi connectivity index (χ1) is 16.0. The number of hydrogen-bond acceptors (Lipinski definition) is 4. The standard InChI is InChI=1S/C23H19Cl2F3N4O2/c1-11(33)31-6-5-18-15(10-31)21(17-3-2-4-20(29-17)23(26,27)28)30-32(18)22-14-7-12(24)8-16(25)13(14)9-19(22)34/h2-4,7-8,19,22,34H,5-6,9-10H2,1H3/t19-,22-/m1/s1. The maximum Gasteiger partial charge on any atom is 0.433 e. The Morgan fingerprint density at radius 2 is 1.97 bits per heavy atom. The largest absolute Gasteiger partial charge is 0.433 e. The zero-order chi connectivity index (χ0) is 24.4. The molecule has 1 amide bonds. The molecule has 3 heterocycles. The van der Waals surface area contributed by atoms with Gasteiger partial charge in [-0.1, -0.05) is 29.3 Å². The van der Waals surface area contributed by atoms with Crippen molar-refractivity contribution in [3.8, 4) is 11.4 Å². The van der Waals surface area contributed by atoms with Crippen LogP contribution in [0.5, 0.6) is 0 Å². The average Bonchev–Trinajstić information content (AvgIpc) is 3.30. The molecule has 0 radical (unpaired) electrons. The molecule has 1 aromatic carbocycles. The van der Waals surface area contributed by atoms with Crippen LogP contribution in [-0.4, -0.2) is 43.3 Å². The Morgan fingerprint density at radius 3 is 2.68 bits per heavy atom. The summed E-state index contributed by atoms with van der Waals surface area (Å²) in [5.74, 6) is -0.147. The van der Waals surface area contributed by atoms with Gasteiger partial charge in [-0.2, -0.15) is 18.3 Å². The van der Waals surface area contributed by atoms with Gasteiger partial charge in [-0.05, 0) is 35.4 Å². The van der Waals surface area contributed by atoms with Gasteiger partial charge in [0, 0.05) is 54.2 Å². The van der Waals surface area contributed by atoms with Crippen LogP contribution in [0.1, 0.15) is 41.0 Å². The number of carbonyl (C=O) groups excluding carboxylic acids is 1. The third-order valence-corrected chi connectivity index (χ3v) is 6.92. The highest BCUT2D eigenvalue weighted by Crippen LogP contribution is 2.43. The molecular weight excluding hydrogens is 492 g/mol. The number of alkyl halides is 3. The van der Waals surface area contributed by atoms with Crippen LogP contribution in [0.2, 0.25) is 10.0 Å². The van der Waals surface area contributed by atoms with Gasteiger partial charge in [0.2, 0.25) is 5.91 Å². The molecule has 1 aliphatic carbocycles. The highest BCUT2D eigenvalue weighted by molar-refractivity contribution is 6.35. The number of pyridine rings is 1. The van der Waals surface area contributed by atoms with Crippen LogP contribution in [-0.2, 0) is 30.4 Å². The van der Waals surface area contributed by atoms with E-state index in [9.17, 15) is 23.1 Å². The van der Waals surface area contributed by atoms with Gasteiger partial charge in [-0.15, -0.1) is 0 Å². The van der Waals surface area contributed by atoms with Crippen LogP contribution in [0.25, 0.3) is 11.4 Å². The Labute approximate surface area is 202 Å². The van der Waals surface area contributed by atoms with E-state index in [0.717, 1.165) is 17.3 Å². The zero-order valence-corrected chi connectivity index (χ0v) is 19.4. The van der Waals surface area contributed by atoms with E-state index in [2.05, 4.69) is 10.1 Å². The van der Waals surface area contributed by atoms with Crippen molar-refractivity contribution >= 4 is 29.1 Å². The Morgan fingerprint density at radius 1 is 1.21 bits per heavy atom. The van der Waals surface area contributed by atoms with Crippen molar-refractivity contribution in [3.05, 3.63) is 68.5 Å². The Hall–Kier alpha value is -2.62. The normalized spacial score (nSPS) is 19.8. The number of benzene rings is 1. The number of rotatable bonds is 2. The molecule has 34 heavy (non-hydrogen) atoms. The lowest BCUT2D eigenvalue weighted by Crippen LogP contribution is -2.35. The number of hydrogen-bond donors (Lipinski definition) is 1. The number of nitrogens with zero attached hydrogens (tertiary/aromatic N) is 4. The number of halogens is 5. The maximum absolute atomic E-state index is 13.3. The molecular formula is C23H19Cl2F3N4O2. The first-order valence-electron chi connectivity index (χ1n) is 10.6. The SMILES string of the molecule is CC(=O)N1CCc2c(c(-c3cccc(C(F)(F)F)n3)nn2[C@@H]2c3cc(Cl)cc(Cl)c3C[C@H]2O)C1. The van der Waals surface area contributed by atoms with Crippen molar-refractivity contribution in [2.75, 3.05) is 6.54 Å². The van der Waals surface area contributed by atoms with E-state index in [-0.39, 0.29) is 23.8 Å². The Balaban J connectivity index is 1.69. The van der Waals surface area contributed by atoms with Gasteiger partial charge < -0.3 is 10.0 Å². The summed E-state index contributed by atoms with van der Waals surface area (Å²) in [6, 6.07) is 6.35. The van der Waals surface area contributed by atoms with Crippen LogP contribution >= 0.6 is 23.2 Å². The summed E-state index contributed by atoms with van der Waals surface area (Å²) in [5, 5.41) is 16.5. The maximum atomic E-state index is 13.3. The average molecular weight is 511 g/mol. The predicted molar refractivity (Wildman–Crippen MR) is 120 cm³/mol. The zero-order valence-electron chi connectivity index (χ0n) is 17.9. The number of carbonyl (C=O) groups is 1. The lowest BCUT2D eigenvalue weighted by Gasteiger charge is -2.28. The molecule has 2 aliphatic rings. The fraction of sp³-hybridized carbons (Fsp3) is 0.348. The van der Waals surface area contributed by atoms with Gasteiger partial charge >= 0.3 is 6.18 Å². The first-order valence-corrected chi connectivity index (χ1v) is 11.4. The number of amides is 1. The molecule has 1 aliphatic heterocycles. The van der Waals surface area contributed by atoms with Gasteiger partial charge in [0.05, 0.1) is 11.8 Å². The smallest absolute Gasteiger partial charge is 0.390 e. The third-order valence-electron chi connectivity index (χ3n) is 6.37. The summed E-state index contributed by atoms with van der Waals surface area (Å²) in [7, 11) is 0. The molecule has 6 nitrogen and oxygen atoms in total. The predicted octanol–water partition coefficient (Wildman–Crippen LogP) is 4.68. The minimum absolute atomic E-state index is 0.0482. The summed E-state index contributed by atoms with van der Waals surface area (Å²) in [5.41, 5.74) is 2.09. The van der Waals surface area contributed by atoms with E-state index in [1.54, 1.807) is 21.7 Å². The van der Waals surface area contributed by atoms with Crippen molar-refractivity contribution in [2.45, 2.75) is 44.6 Å². The monoisotopic (exact) mass is 510 g/mol. The quantitative estimate of drug-likeness (QED) is 0.543. The highest BCUT2D eigenvalue weighted by atomic mass is 35.5. The van der Waals surface area contributed by atoms with Gasteiger partial charge in [0.25, 0.3) is 0 Å². The highest BCUT2D eigenvalue weighted by Gasteiger charge is 2.39. The molecule has 11 heteroatoms. The molecule has 1 N–H and O–H groups in total. The van der Waals surface area contributed by atoms with Gasteiger partial charge in [-0.3, -0.25) is 9.48 Å². The molecule has 5 rings (SSSR count). The fourth-order valence-electron chi connectivity index (χ4n) is 4.80. The van der Waals surface area contributed by atoms with Crippen molar-refractivity contribution in [3.63, 3.8) is 0 Å². The topological polar surface area (TPSA) is 71.2 Å². The number of aliphatic hydroxyl groups is 1.